The van der Waals surface area contributed by atoms with Gasteiger partial charge in [0.2, 0.25) is 5.91 Å². The Morgan fingerprint density at radius 1 is 1.33 bits per heavy atom. The van der Waals surface area contributed by atoms with Crippen LogP contribution in [0, 0.1) is 13.8 Å². The van der Waals surface area contributed by atoms with Gasteiger partial charge in [0.1, 0.15) is 6.17 Å². The summed E-state index contributed by atoms with van der Waals surface area (Å²) in [5.41, 5.74) is 3.23. The average Bonchev–Trinajstić information content (AvgIpc) is 2.67. The van der Waals surface area contributed by atoms with Crippen molar-refractivity contribution in [2.45, 2.75) is 52.4 Å². The molecule has 1 fully saturated rings. The molecule has 1 aliphatic rings. The lowest BCUT2D eigenvalue weighted by atomic mass is 10.0. The Morgan fingerprint density at radius 3 is 2.57 bits per heavy atom. The lowest BCUT2D eigenvalue weighted by molar-refractivity contribution is -0.133. The van der Waals surface area contributed by atoms with Crippen LogP contribution in [0.15, 0.2) is 18.2 Å². The SMILES string of the molecule is COC(C)(C)CN1C(=O)C(C)NC1c1ccc(C)cc1C. The van der Waals surface area contributed by atoms with Crippen LogP contribution in [0.25, 0.3) is 0 Å². The van der Waals surface area contributed by atoms with Crippen molar-refractivity contribution in [3.63, 3.8) is 0 Å². The zero-order valence-electron chi connectivity index (χ0n) is 13.9. The molecule has 4 nitrogen and oxygen atoms in total. The fourth-order valence-corrected chi connectivity index (χ4v) is 2.81. The minimum Gasteiger partial charge on any atom is -0.377 e. The second kappa shape index (κ2) is 5.78. The summed E-state index contributed by atoms with van der Waals surface area (Å²) < 4.78 is 5.50. The molecule has 0 radical (unpaired) electrons. The lowest BCUT2D eigenvalue weighted by Gasteiger charge is -2.33. The van der Waals surface area contributed by atoms with Crippen molar-refractivity contribution in [1.82, 2.24) is 10.2 Å². The third-order valence-electron chi connectivity index (χ3n) is 4.20. The zero-order valence-corrected chi connectivity index (χ0v) is 13.9. The molecule has 1 aliphatic heterocycles. The molecule has 116 valence electrons. The van der Waals surface area contributed by atoms with E-state index in [2.05, 4.69) is 37.4 Å². The highest BCUT2D eigenvalue weighted by Gasteiger charge is 2.40. The molecule has 1 aromatic carbocycles. The van der Waals surface area contributed by atoms with Gasteiger partial charge in [-0.05, 0) is 45.7 Å². The molecule has 1 saturated heterocycles. The second-order valence-corrected chi connectivity index (χ2v) is 6.58. The third-order valence-corrected chi connectivity index (χ3v) is 4.20. The van der Waals surface area contributed by atoms with Gasteiger partial charge in [-0.15, -0.1) is 0 Å². The number of carbonyl (C=O) groups excluding carboxylic acids is 1. The van der Waals surface area contributed by atoms with E-state index < -0.39 is 0 Å². The molecule has 1 heterocycles. The number of methoxy groups -OCH3 is 1. The number of benzene rings is 1. The molecule has 0 bridgehead atoms. The highest BCUT2D eigenvalue weighted by molar-refractivity contribution is 5.84. The first kappa shape index (κ1) is 16.0. The monoisotopic (exact) mass is 290 g/mol. The van der Waals surface area contributed by atoms with Crippen molar-refractivity contribution in [3.8, 4) is 0 Å². The van der Waals surface area contributed by atoms with Gasteiger partial charge in [-0.2, -0.15) is 0 Å². The summed E-state index contributed by atoms with van der Waals surface area (Å²) in [6.07, 6.45) is -0.0810. The van der Waals surface area contributed by atoms with Crippen molar-refractivity contribution in [3.05, 3.63) is 34.9 Å². The fourth-order valence-electron chi connectivity index (χ4n) is 2.81. The number of ether oxygens (including phenoxy) is 1. The highest BCUT2D eigenvalue weighted by atomic mass is 16.5. The van der Waals surface area contributed by atoms with Gasteiger partial charge in [-0.1, -0.05) is 23.8 Å². The number of carbonyl (C=O) groups is 1. The molecule has 1 amide bonds. The van der Waals surface area contributed by atoms with E-state index in [1.165, 1.54) is 11.1 Å². The van der Waals surface area contributed by atoms with E-state index in [0.29, 0.717) is 6.54 Å². The summed E-state index contributed by atoms with van der Waals surface area (Å²) in [5, 5.41) is 3.40. The van der Waals surface area contributed by atoms with E-state index in [4.69, 9.17) is 4.74 Å². The predicted octanol–water partition coefficient (Wildman–Crippen LogP) is 2.55. The summed E-state index contributed by atoms with van der Waals surface area (Å²) in [4.78, 5) is 14.4. The van der Waals surface area contributed by atoms with E-state index >= 15 is 0 Å². The van der Waals surface area contributed by atoms with Crippen LogP contribution in [-0.4, -0.2) is 36.1 Å². The Bertz CT molecular complexity index is 540. The quantitative estimate of drug-likeness (QED) is 0.926. The normalized spacial score (nSPS) is 23.0. The van der Waals surface area contributed by atoms with Crippen LogP contribution in [0.3, 0.4) is 0 Å². The smallest absolute Gasteiger partial charge is 0.241 e. The maximum absolute atomic E-state index is 12.5. The Balaban J connectivity index is 2.34. The summed E-state index contributed by atoms with van der Waals surface area (Å²) in [7, 11) is 1.68. The first-order chi connectivity index (χ1) is 9.75. The molecule has 0 spiro atoms. The molecule has 2 rings (SSSR count). The predicted molar refractivity (Wildman–Crippen MR) is 84.1 cm³/mol. The summed E-state index contributed by atoms with van der Waals surface area (Å²) in [6.45, 7) is 10.7. The van der Waals surface area contributed by atoms with E-state index in [1.807, 2.05) is 25.7 Å². The molecule has 21 heavy (non-hydrogen) atoms. The molecule has 4 heteroatoms. The lowest BCUT2D eigenvalue weighted by Crippen LogP contribution is -2.43. The molecule has 2 atom stereocenters. The Kier molecular flexibility index (Phi) is 4.40. The van der Waals surface area contributed by atoms with Gasteiger partial charge in [0.15, 0.2) is 0 Å². The van der Waals surface area contributed by atoms with Crippen molar-refractivity contribution in [2.24, 2.45) is 0 Å². The van der Waals surface area contributed by atoms with Gasteiger partial charge in [0, 0.05) is 7.11 Å². The van der Waals surface area contributed by atoms with Crippen LogP contribution < -0.4 is 5.32 Å². The number of amides is 1. The van der Waals surface area contributed by atoms with E-state index in [-0.39, 0.29) is 23.7 Å². The van der Waals surface area contributed by atoms with Crippen molar-refractivity contribution >= 4 is 5.91 Å². The fraction of sp³-hybridized carbons (Fsp3) is 0.588. The molecule has 0 aromatic heterocycles. The highest BCUT2D eigenvalue weighted by Crippen LogP contribution is 2.30. The number of aryl methyl sites for hydroxylation is 2. The minimum atomic E-state index is -0.363. The summed E-state index contributed by atoms with van der Waals surface area (Å²) >= 11 is 0. The molecule has 0 aliphatic carbocycles. The maximum atomic E-state index is 12.5. The number of nitrogens with zero attached hydrogens (tertiary/aromatic N) is 1. The van der Waals surface area contributed by atoms with Crippen LogP contribution in [0.1, 0.15) is 43.6 Å². The largest absolute Gasteiger partial charge is 0.377 e. The number of hydrogen-bond acceptors (Lipinski definition) is 3. The van der Waals surface area contributed by atoms with E-state index in [9.17, 15) is 4.79 Å². The summed E-state index contributed by atoms with van der Waals surface area (Å²) in [5.74, 6) is 0.130. The van der Waals surface area contributed by atoms with Crippen LogP contribution in [0.5, 0.6) is 0 Å². The maximum Gasteiger partial charge on any atom is 0.241 e. The van der Waals surface area contributed by atoms with Gasteiger partial charge in [0.05, 0.1) is 18.2 Å². The number of hydrogen-bond donors (Lipinski definition) is 1. The third kappa shape index (κ3) is 3.27. The number of rotatable bonds is 4. The zero-order chi connectivity index (χ0) is 15.8. The Morgan fingerprint density at radius 2 is 2.00 bits per heavy atom. The average molecular weight is 290 g/mol. The van der Waals surface area contributed by atoms with Gasteiger partial charge >= 0.3 is 0 Å². The van der Waals surface area contributed by atoms with Crippen LogP contribution in [-0.2, 0) is 9.53 Å². The molecule has 1 aromatic rings. The second-order valence-electron chi connectivity index (χ2n) is 6.58. The van der Waals surface area contributed by atoms with E-state index in [1.54, 1.807) is 7.11 Å². The van der Waals surface area contributed by atoms with Crippen LogP contribution in [0.4, 0.5) is 0 Å². The van der Waals surface area contributed by atoms with Gasteiger partial charge in [-0.25, -0.2) is 0 Å². The van der Waals surface area contributed by atoms with Gasteiger partial charge in [0.25, 0.3) is 0 Å². The van der Waals surface area contributed by atoms with Crippen LogP contribution in [0.2, 0.25) is 0 Å². The van der Waals surface area contributed by atoms with Crippen molar-refractivity contribution < 1.29 is 9.53 Å². The molecule has 0 saturated carbocycles. The molecule has 2 unspecified atom stereocenters. The van der Waals surface area contributed by atoms with E-state index in [0.717, 1.165) is 5.56 Å². The minimum absolute atomic E-state index is 0.0810. The van der Waals surface area contributed by atoms with Crippen molar-refractivity contribution in [1.29, 1.82) is 0 Å². The Labute approximate surface area is 127 Å². The molecular formula is C17H26N2O2. The summed E-state index contributed by atoms with van der Waals surface area (Å²) in [6, 6.07) is 6.20. The van der Waals surface area contributed by atoms with Gasteiger partial charge in [-0.3, -0.25) is 10.1 Å². The topological polar surface area (TPSA) is 41.6 Å². The Hall–Kier alpha value is -1.39. The molecular weight excluding hydrogens is 264 g/mol. The van der Waals surface area contributed by atoms with Gasteiger partial charge < -0.3 is 9.64 Å². The molecule has 1 N–H and O–H groups in total. The first-order valence-electron chi connectivity index (χ1n) is 7.44. The standard InChI is InChI=1S/C17H26N2O2/c1-11-7-8-14(12(2)9-11)15-18-13(3)16(20)19(15)10-17(4,5)21-6/h7-9,13,15,18H,10H2,1-6H3. The number of nitrogens with one attached hydrogen (secondary N) is 1. The first-order valence-corrected chi connectivity index (χ1v) is 7.44. The van der Waals surface area contributed by atoms with Crippen LogP contribution >= 0.6 is 0 Å². The van der Waals surface area contributed by atoms with Crippen molar-refractivity contribution in [2.75, 3.05) is 13.7 Å².